The number of hydrogen-bond acceptors (Lipinski definition) is 5. The van der Waals surface area contributed by atoms with Gasteiger partial charge in [0.25, 0.3) is 5.91 Å². The van der Waals surface area contributed by atoms with E-state index in [4.69, 9.17) is 9.15 Å². The molecule has 1 aliphatic carbocycles. The van der Waals surface area contributed by atoms with Crippen LogP contribution in [0, 0.1) is 12.7 Å². The van der Waals surface area contributed by atoms with E-state index in [0.29, 0.717) is 41.2 Å². The lowest BCUT2D eigenvalue weighted by molar-refractivity contribution is 0.0698. The summed E-state index contributed by atoms with van der Waals surface area (Å²) < 4.78 is 25.3. The third-order valence-corrected chi connectivity index (χ3v) is 5.85. The molecule has 170 valence electrons. The van der Waals surface area contributed by atoms with Crippen LogP contribution in [0.1, 0.15) is 50.6 Å². The number of aryl methyl sites for hydroxylation is 1. The van der Waals surface area contributed by atoms with Crippen LogP contribution in [-0.4, -0.2) is 17.6 Å². The first-order chi connectivity index (χ1) is 16.5. The van der Waals surface area contributed by atoms with Crippen LogP contribution in [-0.2, 0) is 6.42 Å². The number of furan rings is 1. The maximum absolute atomic E-state index is 13.9. The van der Waals surface area contributed by atoms with Crippen molar-refractivity contribution in [1.82, 2.24) is 5.43 Å². The largest absolute Gasteiger partial charge is 0.453 e. The van der Waals surface area contributed by atoms with E-state index in [2.05, 4.69) is 10.5 Å². The molecule has 1 heterocycles. The lowest BCUT2D eigenvalue weighted by Gasteiger charge is -2.13. The van der Waals surface area contributed by atoms with Crippen molar-refractivity contribution in [2.45, 2.75) is 26.2 Å². The highest BCUT2D eigenvalue weighted by molar-refractivity contribution is 6.07. The summed E-state index contributed by atoms with van der Waals surface area (Å²) in [5.74, 6) is -0.723. The van der Waals surface area contributed by atoms with E-state index in [0.717, 1.165) is 17.2 Å². The number of ether oxygens (including phenoxy) is 1. The van der Waals surface area contributed by atoms with Gasteiger partial charge in [0.15, 0.2) is 0 Å². The molecule has 0 saturated heterocycles. The molecular weight excluding hydrogens is 435 g/mol. The predicted octanol–water partition coefficient (Wildman–Crippen LogP) is 5.57. The molecule has 7 heteroatoms. The first kappa shape index (κ1) is 21.6. The SMILES string of the molecule is Cc1c(C(=O)Oc2ccc3ccccc3c2)oc2c1/C(=N/NC(=O)c1ccccc1F)CCC2. The van der Waals surface area contributed by atoms with Crippen LogP contribution in [0.4, 0.5) is 4.39 Å². The van der Waals surface area contributed by atoms with E-state index in [1.807, 2.05) is 30.3 Å². The lowest BCUT2D eigenvalue weighted by atomic mass is 9.93. The Balaban J connectivity index is 1.39. The molecule has 1 N–H and O–H groups in total. The molecule has 0 bridgehead atoms. The molecule has 5 rings (SSSR count). The summed E-state index contributed by atoms with van der Waals surface area (Å²) in [7, 11) is 0. The van der Waals surface area contributed by atoms with Gasteiger partial charge >= 0.3 is 5.97 Å². The van der Waals surface area contributed by atoms with Gasteiger partial charge in [-0.25, -0.2) is 14.6 Å². The number of carbonyl (C=O) groups excluding carboxylic acids is 2. The molecule has 0 saturated carbocycles. The fraction of sp³-hybridized carbons (Fsp3) is 0.148. The number of nitrogens with zero attached hydrogens (tertiary/aromatic N) is 1. The summed E-state index contributed by atoms with van der Waals surface area (Å²) in [5, 5.41) is 6.24. The van der Waals surface area contributed by atoms with Crippen molar-refractivity contribution in [3.63, 3.8) is 0 Å². The molecule has 1 aromatic heterocycles. The Morgan fingerprint density at radius 3 is 2.59 bits per heavy atom. The Morgan fingerprint density at radius 2 is 1.76 bits per heavy atom. The molecule has 0 fully saturated rings. The van der Waals surface area contributed by atoms with Crippen molar-refractivity contribution in [2.75, 3.05) is 0 Å². The fourth-order valence-electron chi connectivity index (χ4n) is 4.18. The Labute approximate surface area is 195 Å². The summed E-state index contributed by atoms with van der Waals surface area (Å²) in [6, 6.07) is 18.9. The minimum absolute atomic E-state index is 0.0912. The predicted molar refractivity (Wildman–Crippen MR) is 126 cm³/mol. The number of hydrazone groups is 1. The van der Waals surface area contributed by atoms with E-state index in [1.165, 1.54) is 18.2 Å². The van der Waals surface area contributed by atoms with Crippen LogP contribution in [0.25, 0.3) is 10.8 Å². The van der Waals surface area contributed by atoms with E-state index < -0.39 is 17.7 Å². The third-order valence-electron chi connectivity index (χ3n) is 5.85. The molecule has 0 spiro atoms. The zero-order valence-corrected chi connectivity index (χ0v) is 18.4. The van der Waals surface area contributed by atoms with Crippen molar-refractivity contribution < 1.29 is 23.1 Å². The van der Waals surface area contributed by atoms with Crippen LogP contribution < -0.4 is 10.2 Å². The van der Waals surface area contributed by atoms with Crippen molar-refractivity contribution in [3.8, 4) is 5.75 Å². The molecule has 1 aliphatic rings. The number of rotatable bonds is 4. The number of carbonyl (C=O) groups is 2. The third kappa shape index (κ3) is 4.08. The first-order valence-electron chi connectivity index (χ1n) is 11.0. The average Bonchev–Trinajstić information content (AvgIpc) is 3.20. The molecule has 34 heavy (non-hydrogen) atoms. The zero-order chi connectivity index (χ0) is 23.7. The van der Waals surface area contributed by atoms with Crippen molar-refractivity contribution in [3.05, 3.63) is 101 Å². The van der Waals surface area contributed by atoms with E-state index in [1.54, 1.807) is 25.1 Å². The van der Waals surface area contributed by atoms with Crippen LogP contribution in [0.5, 0.6) is 5.75 Å². The van der Waals surface area contributed by atoms with Crippen LogP contribution in [0.15, 0.2) is 76.2 Å². The van der Waals surface area contributed by atoms with Crippen molar-refractivity contribution in [2.24, 2.45) is 5.10 Å². The van der Waals surface area contributed by atoms with Gasteiger partial charge < -0.3 is 9.15 Å². The highest BCUT2D eigenvalue weighted by Crippen LogP contribution is 2.31. The molecule has 1 amide bonds. The Bertz CT molecular complexity index is 1450. The second kappa shape index (κ2) is 8.94. The topological polar surface area (TPSA) is 80.9 Å². The van der Waals surface area contributed by atoms with Gasteiger partial charge in [0.1, 0.15) is 17.3 Å². The molecular formula is C27H21FN2O4. The van der Waals surface area contributed by atoms with Gasteiger partial charge in [-0.15, -0.1) is 0 Å². The fourth-order valence-corrected chi connectivity index (χ4v) is 4.18. The number of amides is 1. The first-order valence-corrected chi connectivity index (χ1v) is 11.0. The summed E-state index contributed by atoms with van der Waals surface area (Å²) in [5.41, 5.74) is 4.20. The maximum Gasteiger partial charge on any atom is 0.379 e. The quantitative estimate of drug-likeness (QED) is 0.247. The highest BCUT2D eigenvalue weighted by atomic mass is 19.1. The van der Waals surface area contributed by atoms with Gasteiger partial charge in [-0.3, -0.25) is 4.79 Å². The maximum atomic E-state index is 13.9. The normalized spacial score (nSPS) is 14.1. The minimum Gasteiger partial charge on any atom is -0.453 e. The van der Waals surface area contributed by atoms with E-state index in [-0.39, 0.29) is 11.3 Å². The Hall–Kier alpha value is -4.26. The standard InChI is InChI=1S/C27H21FN2O4/c1-16-24-22(29-30-26(31)20-9-4-5-10-21(20)28)11-6-12-23(24)34-25(16)27(32)33-19-14-13-17-7-2-3-8-18(17)15-19/h2-5,7-10,13-15H,6,11-12H2,1H3,(H,30,31)/b29-22+. The summed E-state index contributed by atoms with van der Waals surface area (Å²) in [6.07, 6.45) is 1.97. The number of hydrogen-bond donors (Lipinski definition) is 1. The van der Waals surface area contributed by atoms with Crippen LogP contribution in [0.3, 0.4) is 0 Å². The van der Waals surface area contributed by atoms with Gasteiger partial charge in [-0.2, -0.15) is 5.10 Å². The average molecular weight is 456 g/mol. The number of fused-ring (bicyclic) bond motifs is 2. The summed E-state index contributed by atoms with van der Waals surface area (Å²) >= 11 is 0. The minimum atomic E-state index is -0.644. The Kier molecular flexibility index (Phi) is 5.67. The molecule has 0 radical (unpaired) electrons. The lowest BCUT2D eigenvalue weighted by Crippen LogP contribution is -2.23. The van der Waals surface area contributed by atoms with E-state index in [9.17, 15) is 14.0 Å². The molecule has 6 nitrogen and oxygen atoms in total. The molecule has 3 aromatic carbocycles. The second-order valence-electron chi connectivity index (χ2n) is 8.09. The molecule has 0 atom stereocenters. The van der Waals surface area contributed by atoms with Crippen molar-refractivity contribution in [1.29, 1.82) is 0 Å². The van der Waals surface area contributed by atoms with Gasteiger partial charge in [0.2, 0.25) is 5.76 Å². The van der Waals surface area contributed by atoms with Gasteiger partial charge in [0.05, 0.1) is 11.3 Å². The van der Waals surface area contributed by atoms with Gasteiger partial charge in [-0.05, 0) is 54.8 Å². The van der Waals surface area contributed by atoms with E-state index >= 15 is 0 Å². The van der Waals surface area contributed by atoms with Gasteiger partial charge in [0, 0.05) is 17.5 Å². The van der Waals surface area contributed by atoms with Gasteiger partial charge in [-0.1, -0.05) is 42.5 Å². The number of benzene rings is 3. The molecule has 0 aliphatic heterocycles. The monoisotopic (exact) mass is 456 g/mol. The summed E-state index contributed by atoms with van der Waals surface area (Å²) in [6.45, 7) is 1.76. The molecule has 4 aromatic rings. The number of nitrogens with one attached hydrogen (secondary N) is 1. The summed E-state index contributed by atoms with van der Waals surface area (Å²) in [4.78, 5) is 25.3. The number of esters is 1. The van der Waals surface area contributed by atoms with Crippen LogP contribution >= 0.6 is 0 Å². The number of halogens is 1. The smallest absolute Gasteiger partial charge is 0.379 e. The van der Waals surface area contributed by atoms with Crippen molar-refractivity contribution >= 4 is 28.4 Å². The Morgan fingerprint density at radius 1 is 1.00 bits per heavy atom. The second-order valence-corrected chi connectivity index (χ2v) is 8.09. The molecule has 0 unspecified atom stereocenters. The van der Waals surface area contributed by atoms with Crippen LogP contribution in [0.2, 0.25) is 0 Å². The zero-order valence-electron chi connectivity index (χ0n) is 18.4. The highest BCUT2D eigenvalue weighted by Gasteiger charge is 2.29.